The average molecular weight is 299 g/mol. The van der Waals surface area contributed by atoms with Crippen molar-refractivity contribution in [2.75, 3.05) is 18.5 Å². The number of aromatic hydroxyl groups is 1. The monoisotopic (exact) mass is 299 g/mol. The summed E-state index contributed by atoms with van der Waals surface area (Å²) in [6.07, 6.45) is 1.98. The van der Waals surface area contributed by atoms with Crippen molar-refractivity contribution in [3.8, 4) is 17.2 Å². The van der Waals surface area contributed by atoms with Gasteiger partial charge >= 0.3 is 0 Å². The minimum absolute atomic E-state index is 0.311. The van der Waals surface area contributed by atoms with Crippen molar-refractivity contribution in [3.05, 3.63) is 48.0 Å². The molecule has 1 atom stereocenters. The fourth-order valence-corrected chi connectivity index (χ4v) is 2.54. The van der Waals surface area contributed by atoms with Crippen LogP contribution in [0.4, 0.5) is 5.69 Å². The van der Waals surface area contributed by atoms with Crippen LogP contribution >= 0.6 is 0 Å². The second kappa shape index (κ2) is 6.60. The highest BCUT2D eigenvalue weighted by molar-refractivity contribution is 5.55. The smallest absolute Gasteiger partial charge is 0.163 e. The summed E-state index contributed by atoms with van der Waals surface area (Å²) in [7, 11) is 0. The Labute approximate surface area is 130 Å². The minimum atomic E-state index is 0.311. The SMILES string of the molecule is CC(CCc1ccc(O)cc1)Nc1ccc2c(c1)OCCO2. The first-order chi connectivity index (χ1) is 10.7. The van der Waals surface area contributed by atoms with Crippen molar-refractivity contribution in [3.63, 3.8) is 0 Å². The first-order valence-electron chi connectivity index (χ1n) is 7.65. The molecule has 3 rings (SSSR count). The third-order valence-electron chi connectivity index (χ3n) is 3.76. The van der Waals surface area contributed by atoms with Gasteiger partial charge in [0, 0.05) is 17.8 Å². The molecule has 0 radical (unpaired) electrons. The topological polar surface area (TPSA) is 50.7 Å². The van der Waals surface area contributed by atoms with Gasteiger partial charge in [-0.2, -0.15) is 0 Å². The van der Waals surface area contributed by atoms with Crippen LogP contribution in [0.3, 0.4) is 0 Å². The highest BCUT2D eigenvalue weighted by Crippen LogP contribution is 2.32. The summed E-state index contributed by atoms with van der Waals surface area (Å²) >= 11 is 0. The van der Waals surface area contributed by atoms with Crippen LogP contribution in [-0.2, 0) is 6.42 Å². The van der Waals surface area contributed by atoms with Gasteiger partial charge in [-0.3, -0.25) is 0 Å². The van der Waals surface area contributed by atoms with E-state index in [1.54, 1.807) is 12.1 Å². The summed E-state index contributed by atoms with van der Waals surface area (Å²) in [5.74, 6) is 1.93. The molecule has 0 amide bonds. The van der Waals surface area contributed by atoms with Crippen LogP contribution in [0.2, 0.25) is 0 Å². The lowest BCUT2D eigenvalue weighted by molar-refractivity contribution is 0.171. The van der Waals surface area contributed by atoms with E-state index in [-0.39, 0.29) is 0 Å². The molecule has 2 aromatic carbocycles. The van der Waals surface area contributed by atoms with Gasteiger partial charge in [-0.15, -0.1) is 0 Å². The van der Waals surface area contributed by atoms with Crippen LogP contribution in [0.1, 0.15) is 18.9 Å². The van der Waals surface area contributed by atoms with Crippen molar-refractivity contribution >= 4 is 5.69 Å². The van der Waals surface area contributed by atoms with Gasteiger partial charge in [-0.1, -0.05) is 12.1 Å². The number of benzene rings is 2. The maximum atomic E-state index is 9.29. The molecule has 4 nitrogen and oxygen atoms in total. The fourth-order valence-electron chi connectivity index (χ4n) is 2.54. The lowest BCUT2D eigenvalue weighted by atomic mass is 10.1. The Hall–Kier alpha value is -2.36. The normalized spacial score (nSPS) is 14.4. The predicted molar refractivity (Wildman–Crippen MR) is 86.9 cm³/mol. The quantitative estimate of drug-likeness (QED) is 0.885. The second-order valence-corrected chi connectivity index (χ2v) is 5.61. The summed E-state index contributed by atoms with van der Waals surface area (Å²) in [4.78, 5) is 0. The zero-order valence-electron chi connectivity index (χ0n) is 12.7. The minimum Gasteiger partial charge on any atom is -0.508 e. The first kappa shape index (κ1) is 14.6. The summed E-state index contributed by atoms with van der Waals surface area (Å²) in [6, 6.07) is 13.7. The molecule has 1 aliphatic heterocycles. The van der Waals surface area contributed by atoms with Crippen molar-refractivity contribution in [2.24, 2.45) is 0 Å². The fraction of sp³-hybridized carbons (Fsp3) is 0.333. The van der Waals surface area contributed by atoms with Gasteiger partial charge in [0.1, 0.15) is 19.0 Å². The molecule has 2 N–H and O–H groups in total. The highest BCUT2D eigenvalue weighted by Gasteiger charge is 2.12. The molecule has 2 aromatic rings. The molecule has 1 heterocycles. The van der Waals surface area contributed by atoms with Gasteiger partial charge in [0.05, 0.1) is 0 Å². The number of hydrogen-bond donors (Lipinski definition) is 2. The van der Waals surface area contributed by atoms with Gasteiger partial charge in [0.15, 0.2) is 11.5 Å². The number of phenolic OH excluding ortho intramolecular Hbond substituents is 1. The molecule has 116 valence electrons. The Morgan fingerprint density at radius 3 is 2.55 bits per heavy atom. The number of hydrogen-bond acceptors (Lipinski definition) is 4. The molecule has 0 spiro atoms. The van der Waals surface area contributed by atoms with E-state index in [4.69, 9.17) is 9.47 Å². The zero-order chi connectivity index (χ0) is 15.4. The number of aryl methyl sites for hydroxylation is 1. The van der Waals surface area contributed by atoms with Crippen molar-refractivity contribution < 1.29 is 14.6 Å². The third kappa shape index (κ3) is 3.64. The molecule has 0 aromatic heterocycles. The Balaban J connectivity index is 1.55. The van der Waals surface area contributed by atoms with Gasteiger partial charge in [-0.25, -0.2) is 0 Å². The maximum absolute atomic E-state index is 9.29. The van der Waals surface area contributed by atoms with E-state index in [0.717, 1.165) is 30.0 Å². The molecule has 22 heavy (non-hydrogen) atoms. The van der Waals surface area contributed by atoms with Crippen LogP contribution in [0.5, 0.6) is 17.2 Å². The molecular weight excluding hydrogens is 278 g/mol. The standard InChI is InChI=1S/C18H21NO3/c1-13(2-3-14-4-7-16(20)8-5-14)19-15-6-9-17-18(12-15)22-11-10-21-17/h4-9,12-13,19-20H,2-3,10-11H2,1H3. The Morgan fingerprint density at radius 2 is 1.77 bits per heavy atom. The molecule has 4 heteroatoms. The molecule has 0 saturated carbocycles. The van der Waals surface area contributed by atoms with E-state index in [1.807, 2.05) is 30.3 Å². The number of rotatable bonds is 5. The van der Waals surface area contributed by atoms with E-state index in [0.29, 0.717) is 25.0 Å². The number of phenols is 1. The van der Waals surface area contributed by atoms with E-state index >= 15 is 0 Å². The molecule has 0 bridgehead atoms. The van der Waals surface area contributed by atoms with E-state index in [1.165, 1.54) is 5.56 Å². The molecule has 1 unspecified atom stereocenters. The zero-order valence-corrected chi connectivity index (χ0v) is 12.7. The summed E-state index contributed by atoms with van der Waals surface area (Å²) < 4.78 is 11.1. The number of fused-ring (bicyclic) bond motifs is 1. The molecule has 0 fully saturated rings. The van der Waals surface area contributed by atoms with Crippen LogP contribution in [0.25, 0.3) is 0 Å². The van der Waals surface area contributed by atoms with Gasteiger partial charge < -0.3 is 19.9 Å². The molecule has 1 aliphatic rings. The Kier molecular flexibility index (Phi) is 4.37. The van der Waals surface area contributed by atoms with E-state index in [2.05, 4.69) is 12.2 Å². The van der Waals surface area contributed by atoms with Crippen molar-refractivity contribution in [1.82, 2.24) is 0 Å². The Bertz CT molecular complexity index is 625. The second-order valence-electron chi connectivity index (χ2n) is 5.61. The maximum Gasteiger partial charge on any atom is 0.163 e. The molecule has 0 aliphatic carbocycles. The first-order valence-corrected chi connectivity index (χ1v) is 7.65. The van der Waals surface area contributed by atoms with E-state index < -0.39 is 0 Å². The number of anilines is 1. The Morgan fingerprint density at radius 1 is 1.05 bits per heavy atom. The van der Waals surface area contributed by atoms with Gasteiger partial charge in [-0.05, 0) is 49.6 Å². The van der Waals surface area contributed by atoms with Crippen LogP contribution in [-0.4, -0.2) is 24.4 Å². The third-order valence-corrected chi connectivity index (χ3v) is 3.76. The van der Waals surface area contributed by atoms with Gasteiger partial charge in [0.2, 0.25) is 0 Å². The van der Waals surface area contributed by atoms with E-state index in [9.17, 15) is 5.11 Å². The highest BCUT2D eigenvalue weighted by atomic mass is 16.6. The lowest BCUT2D eigenvalue weighted by Crippen LogP contribution is -2.18. The summed E-state index contributed by atoms with van der Waals surface area (Å²) in [6.45, 7) is 3.38. The lowest BCUT2D eigenvalue weighted by Gasteiger charge is -2.21. The van der Waals surface area contributed by atoms with Crippen molar-refractivity contribution in [2.45, 2.75) is 25.8 Å². The number of nitrogens with one attached hydrogen (secondary N) is 1. The van der Waals surface area contributed by atoms with Crippen LogP contribution in [0.15, 0.2) is 42.5 Å². The molecular formula is C18H21NO3. The van der Waals surface area contributed by atoms with Crippen LogP contribution < -0.4 is 14.8 Å². The van der Waals surface area contributed by atoms with Crippen LogP contribution in [0, 0.1) is 0 Å². The predicted octanol–water partition coefficient (Wildman–Crippen LogP) is 3.60. The summed E-state index contributed by atoms with van der Waals surface area (Å²) in [5.41, 5.74) is 2.27. The molecule has 0 saturated heterocycles. The van der Waals surface area contributed by atoms with Crippen molar-refractivity contribution in [1.29, 1.82) is 0 Å². The summed E-state index contributed by atoms with van der Waals surface area (Å²) in [5, 5.41) is 12.8. The average Bonchev–Trinajstić information content (AvgIpc) is 2.54. The largest absolute Gasteiger partial charge is 0.508 e. The van der Waals surface area contributed by atoms with Gasteiger partial charge in [0.25, 0.3) is 0 Å². The number of ether oxygens (including phenoxy) is 2.